The van der Waals surface area contributed by atoms with E-state index in [1.807, 2.05) is 0 Å². The number of carbonyl (C=O) groups is 2. The van der Waals surface area contributed by atoms with Gasteiger partial charge in [0.25, 0.3) is 0 Å². The quantitative estimate of drug-likeness (QED) is 0.683. The van der Waals surface area contributed by atoms with Crippen molar-refractivity contribution in [3.8, 4) is 0 Å². The monoisotopic (exact) mass is 220 g/mol. The Hall–Kier alpha value is -0.660. The van der Waals surface area contributed by atoms with Crippen LogP contribution in [0.15, 0.2) is 0 Å². The van der Waals surface area contributed by atoms with E-state index in [0.29, 0.717) is 0 Å². The van der Waals surface area contributed by atoms with Crippen molar-refractivity contribution in [2.45, 2.75) is 51.4 Å². The number of rotatable bonds is 4. The van der Waals surface area contributed by atoms with Crippen molar-refractivity contribution < 1.29 is 9.59 Å². The van der Waals surface area contributed by atoms with Crippen molar-refractivity contribution in [1.82, 2.24) is 0 Å². The van der Waals surface area contributed by atoms with E-state index in [-0.39, 0.29) is 10.8 Å². The van der Waals surface area contributed by atoms with Gasteiger partial charge >= 0.3 is 0 Å². The smallest absolute Gasteiger partial charge is 0.120 e. The molecule has 88 valence electrons. The summed E-state index contributed by atoms with van der Waals surface area (Å²) in [7, 11) is 0. The lowest BCUT2D eigenvalue weighted by Crippen LogP contribution is -2.52. The van der Waals surface area contributed by atoms with Gasteiger partial charge in [0, 0.05) is 12.8 Å². The molecule has 0 N–H and O–H groups in total. The molecule has 16 heavy (non-hydrogen) atoms. The van der Waals surface area contributed by atoms with Crippen molar-refractivity contribution in [2.75, 3.05) is 0 Å². The lowest BCUT2D eigenvalue weighted by Gasteiger charge is -2.61. The Balaban J connectivity index is 1.90. The molecule has 0 aliphatic heterocycles. The molecular formula is C14H20O2. The van der Waals surface area contributed by atoms with Gasteiger partial charge in [-0.05, 0) is 61.2 Å². The SMILES string of the molecule is O=CCC12CC3CC(C1)CC(CC=O)(C3)C2. The third kappa shape index (κ3) is 1.46. The van der Waals surface area contributed by atoms with Crippen molar-refractivity contribution in [1.29, 1.82) is 0 Å². The molecular weight excluding hydrogens is 200 g/mol. The fourth-order valence-electron chi connectivity index (χ4n) is 5.48. The fourth-order valence-corrected chi connectivity index (χ4v) is 5.48. The molecule has 0 radical (unpaired) electrons. The van der Waals surface area contributed by atoms with Crippen molar-refractivity contribution in [3.63, 3.8) is 0 Å². The summed E-state index contributed by atoms with van der Waals surface area (Å²) >= 11 is 0. The maximum Gasteiger partial charge on any atom is 0.120 e. The highest BCUT2D eigenvalue weighted by Gasteiger charge is 2.56. The molecule has 0 aromatic carbocycles. The van der Waals surface area contributed by atoms with Gasteiger partial charge in [-0.15, -0.1) is 0 Å². The summed E-state index contributed by atoms with van der Waals surface area (Å²) in [4.78, 5) is 21.8. The fraction of sp³-hybridized carbons (Fsp3) is 0.857. The molecule has 0 heterocycles. The van der Waals surface area contributed by atoms with Crippen LogP contribution in [0.4, 0.5) is 0 Å². The molecule has 0 amide bonds. The van der Waals surface area contributed by atoms with E-state index in [1.54, 1.807) is 0 Å². The van der Waals surface area contributed by atoms with Gasteiger partial charge in [-0.3, -0.25) is 0 Å². The Morgan fingerprint density at radius 3 is 1.69 bits per heavy atom. The minimum atomic E-state index is 0.287. The molecule has 2 nitrogen and oxygen atoms in total. The molecule has 2 heteroatoms. The average molecular weight is 220 g/mol. The molecule has 4 saturated carbocycles. The van der Waals surface area contributed by atoms with Crippen LogP contribution < -0.4 is 0 Å². The van der Waals surface area contributed by atoms with Crippen LogP contribution in [0, 0.1) is 22.7 Å². The summed E-state index contributed by atoms with van der Waals surface area (Å²) in [5.74, 6) is 1.61. The maximum absolute atomic E-state index is 10.9. The van der Waals surface area contributed by atoms with Crippen LogP contribution in [0.3, 0.4) is 0 Å². The average Bonchev–Trinajstić information content (AvgIpc) is 2.14. The molecule has 4 rings (SSSR count). The Morgan fingerprint density at radius 2 is 1.31 bits per heavy atom. The summed E-state index contributed by atoms with van der Waals surface area (Å²) in [6.07, 6.45) is 11.2. The largest absolute Gasteiger partial charge is 0.303 e. The van der Waals surface area contributed by atoms with Crippen LogP contribution in [0.1, 0.15) is 51.4 Å². The Labute approximate surface area is 96.8 Å². The van der Waals surface area contributed by atoms with Gasteiger partial charge in [0.1, 0.15) is 12.6 Å². The normalized spacial score (nSPS) is 49.2. The first-order chi connectivity index (χ1) is 7.69. The highest BCUT2D eigenvalue weighted by atomic mass is 16.1. The summed E-state index contributed by atoms with van der Waals surface area (Å²) in [6, 6.07) is 0. The maximum atomic E-state index is 10.9. The zero-order chi connectivity index (χ0) is 11.2. The molecule has 4 fully saturated rings. The second kappa shape index (κ2) is 3.41. The lowest BCUT2D eigenvalue weighted by atomic mass is 9.43. The Bertz CT molecular complexity index is 279. The first-order valence-corrected chi connectivity index (χ1v) is 6.57. The third-order valence-electron chi connectivity index (χ3n) is 5.34. The van der Waals surface area contributed by atoms with E-state index in [1.165, 1.54) is 32.1 Å². The number of aldehydes is 2. The van der Waals surface area contributed by atoms with Crippen LogP contribution in [0.2, 0.25) is 0 Å². The minimum absolute atomic E-state index is 0.287. The molecule has 0 saturated heterocycles. The minimum Gasteiger partial charge on any atom is -0.303 e. The lowest BCUT2D eigenvalue weighted by molar-refractivity contribution is -0.135. The second-order valence-corrected chi connectivity index (χ2v) is 6.70. The van der Waals surface area contributed by atoms with Crippen LogP contribution in [-0.4, -0.2) is 12.6 Å². The predicted molar refractivity (Wildman–Crippen MR) is 60.9 cm³/mol. The van der Waals surface area contributed by atoms with Gasteiger partial charge < -0.3 is 9.59 Å². The topological polar surface area (TPSA) is 34.1 Å². The van der Waals surface area contributed by atoms with Gasteiger partial charge in [0.05, 0.1) is 0 Å². The van der Waals surface area contributed by atoms with E-state index >= 15 is 0 Å². The zero-order valence-electron chi connectivity index (χ0n) is 9.78. The molecule has 0 spiro atoms. The predicted octanol–water partition coefficient (Wildman–Crippen LogP) is 2.75. The molecule has 0 unspecified atom stereocenters. The van der Waals surface area contributed by atoms with Crippen LogP contribution in [-0.2, 0) is 9.59 Å². The van der Waals surface area contributed by atoms with E-state index in [9.17, 15) is 9.59 Å². The summed E-state index contributed by atoms with van der Waals surface area (Å²) < 4.78 is 0. The van der Waals surface area contributed by atoms with Gasteiger partial charge in [0.2, 0.25) is 0 Å². The molecule has 4 bridgehead atoms. The van der Waals surface area contributed by atoms with Crippen molar-refractivity contribution >= 4 is 12.6 Å². The molecule has 4 aliphatic rings. The van der Waals surface area contributed by atoms with Gasteiger partial charge in [0.15, 0.2) is 0 Å². The molecule has 4 aliphatic carbocycles. The summed E-state index contributed by atoms with van der Waals surface area (Å²) in [5.41, 5.74) is 0.573. The van der Waals surface area contributed by atoms with E-state index < -0.39 is 0 Å². The third-order valence-corrected chi connectivity index (χ3v) is 5.34. The van der Waals surface area contributed by atoms with Gasteiger partial charge in [-0.25, -0.2) is 0 Å². The Morgan fingerprint density at radius 1 is 0.875 bits per heavy atom. The van der Waals surface area contributed by atoms with E-state index in [2.05, 4.69) is 0 Å². The van der Waals surface area contributed by atoms with Crippen LogP contribution >= 0.6 is 0 Å². The zero-order valence-corrected chi connectivity index (χ0v) is 9.78. The highest BCUT2D eigenvalue weighted by Crippen LogP contribution is 2.66. The highest BCUT2D eigenvalue weighted by molar-refractivity contribution is 5.53. The first-order valence-electron chi connectivity index (χ1n) is 6.57. The molecule has 0 aromatic heterocycles. The van der Waals surface area contributed by atoms with Crippen molar-refractivity contribution in [2.24, 2.45) is 22.7 Å². The van der Waals surface area contributed by atoms with Crippen LogP contribution in [0.25, 0.3) is 0 Å². The molecule has 0 aromatic rings. The standard InChI is InChI=1S/C14H20O2/c15-3-1-13-6-11-5-12(7-13)9-14(8-11,10-13)2-4-16/h3-4,11-12H,1-2,5-10H2. The summed E-state index contributed by atoms with van der Waals surface area (Å²) in [6.45, 7) is 0. The number of carbonyl (C=O) groups excluding carboxylic acids is 2. The van der Waals surface area contributed by atoms with Gasteiger partial charge in [-0.2, -0.15) is 0 Å². The Kier molecular flexibility index (Phi) is 2.24. The van der Waals surface area contributed by atoms with Crippen molar-refractivity contribution in [3.05, 3.63) is 0 Å². The number of hydrogen-bond donors (Lipinski definition) is 0. The summed E-state index contributed by atoms with van der Waals surface area (Å²) in [5, 5.41) is 0. The second-order valence-electron chi connectivity index (χ2n) is 6.70. The number of hydrogen-bond acceptors (Lipinski definition) is 2. The van der Waals surface area contributed by atoms with E-state index in [0.717, 1.165) is 43.7 Å². The van der Waals surface area contributed by atoms with Gasteiger partial charge in [-0.1, -0.05) is 0 Å². The first kappa shape index (κ1) is 10.5. The van der Waals surface area contributed by atoms with E-state index in [4.69, 9.17) is 0 Å². The molecule has 0 atom stereocenters. The van der Waals surface area contributed by atoms with Crippen LogP contribution in [0.5, 0.6) is 0 Å².